The van der Waals surface area contributed by atoms with Gasteiger partial charge < -0.3 is 20.9 Å². The first-order valence-electron chi connectivity index (χ1n) is 7.53. The van der Waals surface area contributed by atoms with Crippen LogP contribution in [0.5, 0.6) is 0 Å². The standard InChI is InChI=1S/C14H23N5OS/c1-18-7-5-10(6-8-18)19(2)13(20)11-12(15)17-14(21-11)16-9-3-4-9/h9-10H,3-8,15H2,1-2H3,(H,16,17). The summed E-state index contributed by atoms with van der Waals surface area (Å²) in [6.45, 7) is 2.07. The van der Waals surface area contributed by atoms with E-state index in [1.54, 1.807) is 0 Å². The summed E-state index contributed by atoms with van der Waals surface area (Å²) in [5, 5.41) is 4.08. The van der Waals surface area contributed by atoms with Crippen LogP contribution in [0.3, 0.4) is 0 Å². The van der Waals surface area contributed by atoms with E-state index in [2.05, 4.69) is 22.2 Å². The Kier molecular flexibility index (Phi) is 4.03. The third-order valence-electron chi connectivity index (χ3n) is 4.31. The number of hydrogen-bond acceptors (Lipinski definition) is 6. The van der Waals surface area contributed by atoms with Crippen molar-refractivity contribution in [1.82, 2.24) is 14.8 Å². The smallest absolute Gasteiger partial charge is 0.267 e. The summed E-state index contributed by atoms with van der Waals surface area (Å²) >= 11 is 1.38. The molecular formula is C14H23N5OS. The number of thiazole rings is 1. The van der Waals surface area contributed by atoms with Crippen LogP contribution in [0, 0.1) is 0 Å². The van der Waals surface area contributed by atoms with Gasteiger partial charge in [0, 0.05) is 19.1 Å². The fourth-order valence-electron chi connectivity index (χ4n) is 2.66. The first kappa shape index (κ1) is 14.6. The first-order chi connectivity index (χ1) is 10.0. The van der Waals surface area contributed by atoms with E-state index >= 15 is 0 Å². The van der Waals surface area contributed by atoms with E-state index in [9.17, 15) is 4.79 Å². The number of nitrogens with two attached hydrogens (primary N) is 1. The first-order valence-corrected chi connectivity index (χ1v) is 8.35. The highest BCUT2D eigenvalue weighted by molar-refractivity contribution is 7.18. The Balaban J connectivity index is 1.67. The van der Waals surface area contributed by atoms with E-state index in [4.69, 9.17) is 5.73 Å². The van der Waals surface area contributed by atoms with Crippen molar-refractivity contribution in [3.63, 3.8) is 0 Å². The van der Waals surface area contributed by atoms with Gasteiger partial charge in [-0.05, 0) is 45.8 Å². The van der Waals surface area contributed by atoms with E-state index in [1.165, 1.54) is 24.2 Å². The van der Waals surface area contributed by atoms with Crippen molar-refractivity contribution in [3.05, 3.63) is 4.88 Å². The van der Waals surface area contributed by atoms with E-state index in [0.29, 0.717) is 22.8 Å². The van der Waals surface area contributed by atoms with Crippen LogP contribution in [-0.4, -0.2) is 60.0 Å². The van der Waals surface area contributed by atoms with Gasteiger partial charge in [-0.25, -0.2) is 4.98 Å². The Morgan fingerprint density at radius 2 is 2.05 bits per heavy atom. The molecule has 1 saturated carbocycles. The van der Waals surface area contributed by atoms with Crippen LogP contribution in [0.25, 0.3) is 0 Å². The third kappa shape index (κ3) is 3.29. The number of carbonyl (C=O) groups is 1. The summed E-state index contributed by atoms with van der Waals surface area (Å²) in [5.41, 5.74) is 5.93. The Morgan fingerprint density at radius 3 is 2.67 bits per heavy atom. The molecule has 2 heterocycles. The number of nitrogens with zero attached hydrogens (tertiary/aromatic N) is 3. The molecule has 0 radical (unpaired) electrons. The average molecular weight is 309 g/mol. The van der Waals surface area contributed by atoms with Crippen LogP contribution in [0.2, 0.25) is 0 Å². The number of aromatic nitrogens is 1. The predicted molar refractivity (Wildman–Crippen MR) is 85.8 cm³/mol. The predicted octanol–water partition coefficient (Wildman–Crippen LogP) is 1.47. The van der Waals surface area contributed by atoms with E-state index < -0.39 is 0 Å². The fraction of sp³-hybridized carbons (Fsp3) is 0.714. The lowest BCUT2D eigenvalue weighted by atomic mass is 10.0. The highest BCUT2D eigenvalue weighted by Gasteiger charge is 2.29. The van der Waals surface area contributed by atoms with Gasteiger partial charge in [-0.3, -0.25) is 4.79 Å². The maximum Gasteiger partial charge on any atom is 0.267 e. The number of piperidine rings is 1. The lowest BCUT2D eigenvalue weighted by Gasteiger charge is -2.34. The van der Waals surface area contributed by atoms with Gasteiger partial charge >= 0.3 is 0 Å². The zero-order valence-corrected chi connectivity index (χ0v) is 13.4. The zero-order chi connectivity index (χ0) is 15.0. The number of nitrogen functional groups attached to an aromatic ring is 1. The van der Waals surface area contributed by atoms with Gasteiger partial charge in [0.25, 0.3) is 5.91 Å². The molecule has 116 valence electrons. The highest BCUT2D eigenvalue weighted by atomic mass is 32.1. The number of hydrogen-bond donors (Lipinski definition) is 2. The summed E-state index contributed by atoms with van der Waals surface area (Å²) < 4.78 is 0. The molecule has 0 unspecified atom stereocenters. The van der Waals surface area contributed by atoms with Crippen molar-refractivity contribution < 1.29 is 4.79 Å². The molecule has 1 amide bonds. The molecule has 1 aliphatic carbocycles. The Labute approximate surface area is 129 Å². The summed E-state index contributed by atoms with van der Waals surface area (Å²) in [6, 6.07) is 0.820. The maximum atomic E-state index is 12.6. The van der Waals surface area contributed by atoms with Gasteiger partial charge in [-0.2, -0.15) is 0 Å². The lowest BCUT2D eigenvalue weighted by Crippen LogP contribution is -2.44. The molecule has 21 heavy (non-hydrogen) atoms. The van der Waals surface area contributed by atoms with Crippen LogP contribution < -0.4 is 11.1 Å². The van der Waals surface area contributed by atoms with Crippen LogP contribution in [0.4, 0.5) is 10.9 Å². The van der Waals surface area contributed by atoms with Gasteiger partial charge in [0.05, 0.1) is 0 Å². The quantitative estimate of drug-likeness (QED) is 0.881. The fourth-order valence-corrected chi connectivity index (χ4v) is 3.60. The molecule has 2 fully saturated rings. The molecule has 2 aliphatic rings. The van der Waals surface area contributed by atoms with Crippen molar-refractivity contribution in [3.8, 4) is 0 Å². The number of anilines is 2. The minimum absolute atomic E-state index is 0.00315. The normalized spacial score (nSPS) is 20.5. The largest absolute Gasteiger partial charge is 0.382 e. The molecule has 1 aliphatic heterocycles. The minimum atomic E-state index is 0.00315. The molecule has 0 bridgehead atoms. The zero-order valence-electron chi connectivity index (χ0n) is 12.6. The molecular weight excluding hydrogens is 286 g/mol. The molecule has 6 nitrogen and oxygen atoms in total. The van der Waals surface area contributed by atoms with Crippen LogP contribution >= 0.6 is 11.3 Å². The SMILES string of the molecule is CN1CCC(N(C)C(=O)c2sc(NC3CC3)nc2N)CC1. The number of amides is 1. The molecule has 1 saturated heterocycles. The highest BCUT2D eigenvalue weighted by Crippen LogP contribution is 2.31. The minimum Gasteiger partial charge on any atom is -0.382 e. The molecule has 1 aromatic heterocycles. The molecule has 0 aromatic carbocycles. The van der Waals surface area contributed by atoms with Crippen LogP contribution in [0.1, 0.15) is 35.4 Å². The van der Waals surface area contributed by atoms with E-state index in [-0.39, 0.29) is 5.91 Å². The molecule has 7 heteroatoms. The monoisotopic (exact) mass is 309 g/mol. The molecule has 0 spiro atoms. The number of carbonyl (C=O) groups excluding carboxylic acids is 1. The molecule has 3 rings (SSSR count). The van der Waals surface area contributed by atoms with Gasteiger partial charge in [0.1, 0.15) is 10.7 Å². The summed E-state index contributed by atoms with van der Waals surface area (Å²) in [5.74, 6) is 0.358. The second-order valence-corrected chi connectivity index (χ2v) is 7.10. The molecule has 3 N–H and O–H groups in total. The van der Waals surface area contributed by atoms with Crippen LogP contribution in [-0.2, 0) is 0 Å². The van der Waals surface area contributed by atoms with E-state index in [0.717, 1.165) is 31.1 Å². The molecule has 0 atom stereocenters. The summed E-state index contributed by atoms with van der Waals surface area (Å²) in [6.07, 6.45) is 4.39. The number of rotatable bonds is 4. The lowest BCUT2D eigenvalue weighted by molar-refractivity contribution is 0.0665. The van der Waals surface area contributed by atoms with Crippen LogP contribution in [0.15, 0.2) is 0 Å². The second kappa shape index (κ2) is 5.81. The Hall–Kier alpha value is -1.34. The van der Waals surface area contributed by atoms with Crippen molar-refractivity contribution in [2.24, 2.45) is 0 Å². The van der Waals surface area contributed by atoms with Gasteiger partial charge in [-0.15, -0.1) is 0 Å². The van der Waals surface area contributed by atoms with Gasteiger partial charge in [0.15, 0.2) is 5.13 Å². The van der Waals surface area contributed by atoms with Crippen molar-refractivity contribution in [1.29, 1.82) is 0 Å². The molecule has 1 aromatic rings. The van der Waals surface area contributed by atoms with Crippen molar-refractivity contribution in [2.75, 3.05) is 38.2 Å². The third-order valence-corrected chi connectivity index (χ3v) is 5.30. The second-order valence-electron chi connectivity index (χ2n) is 6.10. The summed E-state index contributed by atoms with van der Waals surface area (Å²) in [7, 11) is 4.00. The average Bonchev–Trinajstić information content (AvgIpc) is 3.20. The number of nitrogens with one attached hydrogen (secondary N) is 1. The van der Waals surface area contributed by atoms with Gasteiger partial charge in [0.2, 0.25) is 0 Å². The van der Waals surface area contributed by atoms with Crippen molar-refractivity contribution in [2.45, 2.75) is 37.8 Å². The maximum absolute atomic E-state index is 12.6. The Bertz CT molecular complexity index is 519. The Morgan fingerprint density at radius 1 is 1.38 bits per heavy atom. The van der Waals surface area contributed by atoms with Gasteiger partial charge in [-0.1, -0.05) is 11.3 Å². The van der Waals surface area contributed by atoms with Crippen molar-refractivity contribution >= 4 is 28.2 Å². The topological polar surface area (TPSA) is 74.5 Å². The van der Waals surface area contributed by atoms with E-state index in [1.807, 2.05) is 11.9 Å². The number of likely N-dealkylation sites (tertiary alicyclic amines) is 1. The summed E-state index contributed by atoms with van der Waals surface area (Å²) in [4.78, 5) is 21.6.